The van der Waals surface area contributed by atoms with E-state index in [4.69, 9.17) is 5.73 Å². The molecule has 5 atom stereocenters. The van der Waals surface area contributed by atoms with Crippen LogP contribution in [0, 0.1) is 17.8 Å². The van der Waals surface area contributed by atoms with Crippen molar-refractivity contribution in [1.29, 1.82) is 0 Å². The van der Waals surface area contributed by atoms with E-state index in [0.29, 0.717) is 12.0 Å². The SMILES string of the molecule is CC1CCCC(NC(=O)C2CC(C)CC(N)C2)CC1. The molecule has 0 aromatic carbocycles. The molecule has 19 heavy (non-hydrogen) atoms. The van der Waals surface area contributed by atoms with E-state index in [-0.39, 0.29) is 17.9 Å². The van der Waals surface area contributed by atoms with Gasteiger partial charge in [0, 0.05) is 18.0 Å². The van der Waals surface area contributed by atoms with Crippen molar-refractivity contribution >= 4 is 5.91 Å². The van der Waals surface area contributed by atoms with Crippen LogP contribution in [0.2, 0.25) is 0 Å². The Bertz CT molecular complexity index is 295. The molecule has 2 rings (SSSR count). The van der Waals surface area contributed by atoms with Crippen LogP contribution in [0.1, 0.15) is 65.2 Å². The zero-order chi connectivity index (χ0) is 13.8. The highest BCUT2D eigenvalue weighted by molar-refractivity contribution is 5.79. The van der Waals surface area contributed by atoms with Gasteiger partial charge in [0.05, 0.1) is 0 Å². The summed E-state index contributed by atoms with van der Waals surface area (Å²) in [5.74, 6) is 1.83. The first-order valence-corrected chi connectivity index (χ1v) is 8.10. The second-order valence-electron chi connectivity index (χ2n) is 7.09. The summed E-state index contributed by atoms with van der Waals surface area (Å²) in [4.78, 5) is 12.4. The summed E-state index contributed by atoms with van der Waals surface area (Å²) in [5, 5.41) is 3.30. The quantitative estimate of drug-likeness (QED) is 0.755. The molecule has 0 aliphatic heterocycles. The monoisotopic (exact) mass is 266 g/mol. The highest BCUT2D eigenvalue weighted by Gasteiger charge is 2.30. The molecule has 3 nitrogen and oxygen atoms in total. The van der Waals surface area contributed by atoms with Crippen LogP contribution in [0.15, 0.2) is 0 Å². The van der Waals surface area contributed by atoms with Gasteiger partial charge in [0.25, 0.3) is 0 Å². The van der Waals surface area contributed by atoms with Crippen LogP contribution in [-0.4, -0.2) is 18.0 Å². The Morgan fingerprint density at radius 3 is 2.53 bits per heavy atom. The first-order chi connectivity index (χ1) is 9.04. The third-order valence-corrected chi connectivity index (χ3v) is 4.95. The molecule has 2 aliphatic rings. The van der Waals surface area contributed by atoms with Crippen LogP contribution in [0.25, 0.3) is 0 Å². The minimum atomic E-state index is 0.152. The normalized spacial score (nSPS) is 40.5. The number of hydrogen-bond acceptors (Lipinski definition) is 2. The van der Waals surface area contributed by atoms with E-state index in [0.717, 1.165) is 38.0 Å². The Morgan fingerprint density at radius 1 is 1.00 bits per heavy atom. The Kier molecular flexibility index (Phi) is 5.26. The first kappa shape index (κ1) is 14.8. The van der Waals surface area contributed by atoms with Gasteiger partial charge in [-0.1, -0.05) is 26.7 Å². The fourth-order valence-electron chi connectivity index (χ4n) is 3.82. The molecule has 0 heterocycles. The zero-order valence-electron chi connectivity index (χ0n) is 12.5. The molecule has 3 N–H and O–H groups in total. The number of nitrogens with two attached hydrogens (primary N) is 1. The molecule has 0 saturated heterocycles. The summed E-state index contributed by atoms with van der Waals surface area (Å²) in [5.41, 5.74) is 6.05. The van der Waals surface area contributed by atoms with Crippen molar-refractivity contribution in [2.24, 2.45) is 23.5 Å². The van der Waals surface area contributed by atoms with Gasteiger partial charge in [0.15, 0.2) is 0 Å². The van der Waals surface area contributed by atoms with Crippen LogP contribution in [-0.2, 0) is 4.79 Å². The summed E-state index contributed by atoms with van der Waals surface area (Å²) < 4.78 is 0. The molecule has 0 aromatic heterocycles. The van der Waals surface area contributed by atoms with E-state index in [1.54, 1.807) is 0 Å². The first-order valence-electron chi connectivity index (χ1n) is 8.10. The van der Waals surface area contributed by atoms with E-state index in [9.17, 15) is 4.79 Å². The van der Waals surface area contributed by atoms with Gasteiger partial charge in [-0.3, -0.25) is 4.79 Å². The summed E-state index contributed by atoms with van der Waals surface area (Å²) >= 11 is 0. The van der Waals surface area contributed by atoms with E-state index < -0.39 is 0 Å². The number of amides is 1. The lowest BCUT2D eigenvalue weighted by Crippen LogP contribution is -2.43. The van der Waals surface area contributed by atoms with Crippen LogP contribution < -0.4 is 11.1 Å². The number of carbonyl (C=O) groups excluding carboxylic acids is 1. The molecule has 0 spiro atoms. The van der Waals surface area contributed by atoms with Crippen molar-refractivity contribution in [2.75, 3.05) is 0 Å². The molecular weight excluding hydrogens is 236 g/mol. The number of rotatable bonds is 2. The van der Waals surface area contributed by atoms with Crippen molar-refractivity contribution in [3.8, 4) is 0 Å². The van der Waals surface area contributed by atoms with Crippen molar-refractivity contribution in [2.45, 2.75) is 77.3 Å². The smallest absolute Gasteiger partial charge is 0.223 e. The number of carbonyl (C=O) groups is 1. The maximum absolute atomic E-state index is 12.4. The number of nitrogens with one attached hydrogen (secondary N) is 1. The van der Waals surface area contributed by atoms with Gasteiger partial charge in [-0.25, -0.2) is 0 Å². The molecule has 0 radical (unpaired) electrons. The molecular formula is C16H30N2O. The van der Waals surface area contributed by atoms with Crippen LogP contribution in [0.4, 0.5) is 0 Å². The van der Waals surface area contributed by atoms with Crippen LogP contribution in [0.5, 0.6) is 0 Å². The third kappa shape index (κ3) is 4.48. The van der Waals surface area contributed by atoms with Crippen molar-refractivity contribution < 1.29 is 4.79 Å². The average molecular weight is 266 g/mol. The van der Waals surface area contributed by atoms with Crippen molar-refractivity contribution in [3.63, 3.8) is 0 Å². The molecule has 2 fully saturated rings. The lowest BCUT2D eigenvalue weighted by molar-refractivity contribution is -0.127. The van der Waals surface area contributed by atoms with Gasteiger partial charge in [-0.05, 0) is 50.4 Å². The molecule has 5 unspecified atom stereocenters. The molecule has 1 amide bonds. The van der Waals surface area contributed by atoms with Crippen LogP contribution in [0.3, 0.4) is 0 Å². The maximum Gasteiger partial charge on any atom is 0.223 e. The molecule has 3 heteroatoms. The lowest BCUT2D eigenvalue weighted by atomic mass is 9.79. The third-order valence-electron chi connectivity index (χ3n) is 4.95. The highest BCUT2D eigenvalue weighted by Crippen LogP contribution is 2.29. The topological polar surface area (TPSA) is 55.1 Å². The van der Waals surface area contributed by atoms with Gasteiger partial charge in [-0.15, -0.1) is 0 Å². The highest BCUT2D eigenvalue weighted by atomic mass is 16.1. The second kappa shape index (κ2) is 6.74. The Hall–Kier alpha value is -0.570. The average Bonchev–Trinajstić information content (AvgIpc) is 2.53. The largest absolute Gasteiger partial charge is 0.353 e. The van der Waals surface area contributed by atoms with E-state index in [1.807, 2.05) is 0 Å². The van der Waals surface area contributed by atoms with E-state index in [1.165, 1.54) is 19.3 Å². The van der Waals surface area contributed by atoms with Gasteiger partial charge >= 0.3 is 0 Å². The second-order valence-corrected chi connectivity index (χ2v) is 7.09. The van der Waals surface area contributed by atoms with Crippen LogP contribution >= 0.6 is 0 Å². The molecule has 110 valence electrons. The van der Waals surface area contributed by atoms with Gasteiger partial charge in [0.2, 0.25) is 5.91 Å². The summed E-state index contributed by atoms with van der Waals surface area (Å²) in [6.45, 7) is 4.54. The fraction of sp³-hybridized carbons (Fsp3) is 0.938. The van der Waals surface area contributed by atoms with E-state index in [2.05, 4.69) is 19.2 Å². The standard InChI is InChI=1S/C16H30N2O/c1-11-4-3-5-15(7-6-11)18-16(19)13-8-12(2)9-14(17)10-13/h11-15H,3-10,17H2,1-2H3,(H,18,19). The Morgan fingerprint density at radius 2 is 1.79 bits per heavy atom. The minimum absolute atomic E-state index is 0.152. The van der Waals surface area contributed by atoms with Crippen molar-refractivity contribution in [1.82, 2.24) is 5.32 Å². The Balaban J connectivity index is 1.82. The fourth-order valence-corrected chi connectivity index (χ4v) is 3.82. The lowest BCUT2D eigenvalue weighted by Gasteiger charge is -2.31. The zero-order valence-corrected chi connectivity index (χ0v) is 12.5. The molecule has 2 saturated carbocycles. The minimum Gasteiger partial charge on any atom is -0.353 e. The Labute approximate surface area is 117 Å². The van der Waals surface area contributed by atoms with Gasteiger partial charge < -0.3 is 11.1 Å². The molecule has 0 bridgehead atoms. The molecule has 0 aromatic rings. The van der Waals surface area contributed by atoms with Gasteiger partial charge in [0.1, 0.15) is 0 Å². The summed E-state index contributed by atoms with van der Waals surface area (Å²) in [6.07, 6.45) is 9.11. The van der Waals surface area contributed by atoms with Gasteiger partial charge in [-0.2, -0.15) is 0 Å². The number of hydrogen-bond donors (Lipinski definition) is 2. The predicted molar refractivity (Wildman–Crippen MR) is 78.7 cm³/mol. The maximum atomic E-state index is 12.4. The van der Waals surface area contributed by atoms with E-state index >= 15 is 0 Å². The summed E-state index contributed by atoms with van der Waals surface area (Å²) in [6, 6.07) is 0.625. The van der Waals surface area contributed by atoms with Crippen molar-refractivity contribution in [3.05, 3.63) is 0 Å². The summed E-state index contributed by atoms with van der Waals surface area (Å²) in [7, 11) is 0. The molecule has 2 aliphatic carbocycles. The predicted octanol–water partition coefficient (Wildman–Crippen LogP) is 2.83.